The first-order valence-electron chi connectivity index (χ1n) is 5.37. The lowest BCUT2D eigenvalue weighted by Gasteiger charge is -2.19. The van der Waals surface area contributed by atoms with Crippen LogP contribution in [0.2, 0.25) is 0 Å². The second kappa shape index (κ2) is 4.15. The summed E-state index contributed by atoms with van der Waals surface area (Å²) in [5.74, 6) is -0.162. The van der Waals surface area contributed by atoms with Crippen LogP contribution < -0.4 is 5.32 Å². The third-order valence-corrected chi connectivity index (χ3v) is 3.42. The van der Waals surface area contributed by atoms with Crippen LogP contribution in [0.1, 0.15) is 25.6 Å². The monoisotopic (exact) mass is 237 g/mol. The van der Waals surface area contributed by atoms with Crippen LogP contribution in [0.4, 0.5) is 4.39 Å². The van der Waals surface area contributed by atoms with Gasteiger partial charge in [-0.05, 0) is 44.4 Å². The molecule has 0 radical (unpaired) electrons. The van der Waals surface area contributed by atoms with Gasteiger partial charge in [0.2, 0.25) is 0 Å². The van der Waals surface area contributed by atoms with Crippen molar-refractivity contribution in [1.29, 1.82) is 0 Å². The van der Waals surface area contributed by atoms with E-state index < -0.39 is 0 Å². The molecular formula is C13H16FNS. The molecule has 1 N–H and O–H groups in total. The molecule has 1 nitrogen and oxygen atoms in total. The van der Waals surface area contributed by atoms with Gasteiger partial charge in [0.05, 0.1) is 0 Å². The van der Waals surface area contributed by atoms with Crippen LogP contribution in [0.15, 0.2) is 24.3 Å². The van der Waals surface area contributed by atoms with Gasteiger partial charge in [-0.2, -0.15) is 0 Å². The van der Waals surface area contributed by atoms with E-state index in [4.69, 9.17) is 0 Å². The number of rotatable bonds is 2. The Bertz CT molecular complexity index is 496. The largest absolute Gasteiger partial charge is 0.307 e. The Labute approximate surface area is 99.3 Å². The Morgan fingerprint density at radius 1 is 1.25 bits per heavy atom. The molecule has 0 saturated carbocycles. The van der Waals surface area contributed by atoms with Gasteiger partial charge in [-0.3, -0.25) is 0 Å². The fourth-order valence-electron chi connectivity index (χ4n) is 1.50. The highest BCUT2D eigenvalue weighted by atomic mass is 32.1. The molecule has 0 unspecified atom stereocenters. The zero-order valence-corrected chi connectivity index (χ0v) is 10.6. The summed E-state index contributed by atoms with van der Waals surface area (Å²) in [6, 6.07) is 7.07. The van der Waals surface area contributed by atoms with Crippen molar-refractivity contribution in [3.8, 4) is 0 Å². The van der Waals surface area contributed by atoms with Crippen molar-refractivity contribution in [3.63, 3.8) is 0 Å². The molecule has 0 aliphatic heterocycles. The molecular weight excluding hydrogens is 221 g/mol. The topological polar surface area (TPSA) is 12.0 Å². The van der Waals surface area contributed by atoms with E-state index in [1.165, 1.54) is 10.9 Å². The SMILES string of the molecule is CC(C)(C)NCc1cc2ccc(F)cc2s1. The minimum atomic E-state index is -0.162. The number of halogens is 1. The minimum Gasteiger partial charge on any atom is -0.307 e. The maximum Gasteiger partial charge on any atom is 0.124 e. The van der Waals surface area contributed by atoms with Gasteiger partial charge < -0.3 is 5.32 Å². The molecule has 0 aliphatic rings. The normalized spacial score (nSPS) is 12.2. The standard InChI is InChI=1S/C13H16FNS/c1-13(2,3)15-8-11-6-9-4-5-10(14)7-12(9)16-11/h4-7,15H,8H2,1-3H3. The van der Waals surface area contributed by atoms with E-state index in [0.717, 1.165) is 16.6 Å². The average molecular weight is 237 g/mol. The fourth-order valence-corrected chi connectivity index (χ4v) is 2.53. The van der Waals surface area contributed by atoms with Crippen molar-refractivity contribution in [2.24, 2.45) is 0 Å². The first-order chi connectivity index (χ1) is 7.44. The molecule has 0 atom stereocenters. The molecule has 1 aromatic carbocycles. The van der Waals surface area contributed by atoms with Crippen LogP contribution in [-0.2, 0) is 6.54 Å². The van der Waals surface area contributed by atoms with Crippen LogP contribution in [0.5, 0.6) is 0 Å². The Kier molecular flexibility index (Phi) is 3.00. The van der Waals surface area contributed by atoms with Gasteiger partial charge in [0.25, 0.3) is 0 Å². The van der Waals surface area contributed by atoms with Crippen LogP contribution in [0.25, 0.3) is 10.1 Å². The fraction of sp³-hybridized carbons (Fsp3) is 0.385. The van der Waals surface area contributed by atoms with Gasteiger partial charge in [-0.15, -0.1) is 11.3 Å². The van der Waals surface area contributed by atoms with Gasteiger partial charge in [0.15, 0.2) is 0 Å². The Morgan fingerprint density at radius 3 is 2.69 bits per heavy atom. The zero-order valence-electron chi connectivity index (χ0n) is 9.80. The molecule has 16 heavy (non-hydrogen) atoms. The molecule has 0 saturated heterocycles. The summed E-state index contributed by atoms with van der Waals surface area (Å²) in [5, 5.41) is 4.55. The van der Waals surface area contributed by atoms with Gasteiger partial charge in [-0.25, -0.2) is 4.39 Å². The van der Waals surface area contributed by atoms with E-state index in [1.807, 2.05) is 6.07 Å². The average Bonchev–Trinajstić information content (AvgIpc) is 2.55. The summed E-state index contributed by atoms with van der Waals surface area (Å²) in [5.41, 5.74) is 0.113. The maximum absolute atomic E-state index is 13.0. The molecule has 0 fully saturated rings. The van der Waals surface area contributed by atoms with Crippen LogP contribution >= 0.6 is 11.3 Å². The molecule has 1 heterocycles. The lowest BCUT2D eigenvalue weighted by Crippen LogP contribution is -2.34. The highest BCUT2D eigenvalue weighted by Crippen LogP contribution is 2.26. The lowest BCUT2D eigenvalue weighted by atomic mass is 10.1. The first kappa shape index (κ1) is 11.6. The van der Waals surface area contributed by atoms with E-state index in [0.29, 0.717) is 0 Å². The van der Waals surface area contributed by atoms with Crippen molar-refractivity contribution in [3.05, 3.63) is 35.0 Å². The molecule has 2 aromatic rings. The van der Waals surface area contributed by atoms with E-state index in [9.17, 15) is 4.39 Å². The molecule has 1 aromatic heterocycles. The third-order valence-electron chi connectivity index (χ3n) is 2.33. The van der Waals surface area contributed by atoms with Gasteiger partial charge in [0, 0.05) is 21.7 Å². The van der Waals surface area contributed by atoms with E-state index in [-0.39, 0.29) is 11.4 Å². The number of thiophene rings is 1. The molecule has 2 rings (SSSR count). The van der Waals surface area contributed by atoms with E-state index in [2.05, 4.69) is 32.2 Å². The quantitative estimate of drug-likeness (QED) is 0.834. The minimum absolute atomic E-state index is 0.113. The van der Waals surface area contributed by atoms with Crippen molar-refractivity contribution >= 4 is 21.4 Å². The first-order valence-corrected chi connectivity index (χ1v) is 6.19. The molecule has 0 bridgehead atoms. The van der Waals surface area contributed by atoms with E-state index in [1.54, 1.807) is 17.4 Å². The molecule has 0 spiro atoms. The van der Waals surface area contributed by atoms with E-state index >= 15 is 0 Å². The van der Waals surface area contributed by atoms with Crippen LogP contribution in [0.3, 0.4) is 0 Å². The smallest absolute Gasteiger partial charge is 0.124 e. The lowest BCUT2D eigenvalue weighted by molar-refractivity contribution is 0.426. The number of benzene rings is 1. The van der Waals surface area contributed by atoms with Crippen LogP contribution in [-0.4, -0.2) is 5.54 Å². The number of fused-ring (bicyclic) bond motifs is 1. The van der Waals surface area contributed by atoms with Gasteiger partial charge >= 0.3 is 0 Å². The highest BCUT2D eigenvalue weighted by molar-refractivity contribution is 7.19. The maximum atomic E-state index is 13.0. The molecule has 0 amide bonds. The van der Waals surface area contributed by atoms with Crippen LogP contribution in [0, 0.1) is 5.82 Å². The highest BCUT2D eigenvalue weighted by Gasteiger charge is 2.10. The van der Waals surface area contributed by atoms with Gasteiger partial charge in [-0.1, -0.05) is 6.07 Å². The predicted octanol–water partition coefficient (Wildman–Crippen LogP) is 3.93. The van der Waals surface area contributed by atoms with Crippen molar-refractivity contribution in [1.82, 2.24) is 5.32 Å². The van der Waals surface area contributed by atoms with Crippen molar-refractivity contribution in [2.45, 2.75) is 32.9 Å². The van der Waals surface area contributed by atoms with Crippen molar-refractivity contribution in [2.75, 3.05) is 0 Å². The summed E-state index contributed by atoms with van der Waals surface area (Å²) >= 11 is 1.65. The van der Waals surface area contributed by atoms with Gasteiger partial charge in [0.1, 0.15) is 5.82 Å². The summed E-state index contributed by atoms with van der Waals surface area (Å²) in [4.78, 5) is 1.25. The number of hydrogen-bond acceptors (Lipinski definition) is 2. The number of nitrogens with one attached hydrogen (secondary N) is 1. The predicted molar refractivity (Wildman–Crippen MR) is 68.4 cm³/mol. The third kappa shape index (κ3) is 2.80. The summed E-state index contributed by atoms with van der Waals surface area (Å²) < 4.78 is 14.0. The summed E-state index contributed by atoms with van der Waals surface area (Å²) in [6.07, 6.45) is 0. The molecule has 3 heteroatoms. The zero-order chi connectivity index (χ0) is 11.8. The Balaban J connectivity index is 2.20. The van der Waals surface area contributed by atoms with Crippen molar-refractivity contribution < 1.29 is 4.39 Å². The second-order valence-corrected chi connectivity index (χ2v) is 6.17. The Hall–Kier alpha value is -0.930. The molecule has 86 valence electrons. The number of hydrogen-bond donors (Lipinski definition) is 1. The summed E-state index contributed by atoms with van der Waals surface area (Å²) in [7, 11) is 0. The second-order valence-electron chi connectivity index (χ2n) is 5.00. The molecule has 0 aliphatic carbocycles. The Morgan fingerprint density at radius 2 is 2.00 bits per heavy atom. The summed E-state index contributed by atoms with van der Waals surface area (Å²) in [6.45, 7) is 7.25.